The van der Waals surface area contributed by atoms with Crippen LogP contribution in [0.2, 0.25) is 0 Å². The summed E-state index contributed by atoms with van der Waals surface area (Å²) in [6, 6.07) is 5.60. The molecule has 0 spiro atoms. The fraction of sp³-hybridized carbons (Fsp3) is 0.0769. The maximum Gasteiger partial charge on any atom is 0.354 e. The zero-order valence-corrected chi connectivity index (χ0v) is 11.1. The number of rotatable bonds is 1. The summed E-state index contributed by atoms with van der Waals surface area (Å²) in [6.07, 6.45) is 1.56. The predicted molar refractivity (Wildman–Crippen MR) is 73.0 cm³/mol. The molecule has 5 heteroatoms. The molecule has 4 nitrogen and oxygen atoms in total. The van der Waals surface area contributed by atoms with E-state index in [1.165, 1.54) is 0 Å². The molecule has 0 saturated heterocycles. The average Bonchev–Trinajstić information content (AvgIpc) is 2.67. The Kier molecular flexibility index (Phi) is 2.38. The molecular formula is C13H9BrN2O2. The molecule has 3 aromatic rings. The fourth-order valence-corrected chi connectivity index (χ4v) is 2.72. The van der Waals surface area contributed by atoms with E-state index in [2.05, 4.69) is 25.9 Å². The number of halogens is 1. The van der Waals surface area contributed by atoms with Crippen molar-refractivity contribution in [1.29, 1.82) is 0 Å². The Labute approximate surface area is 111 Å². The zero-order chi connectivity index (χ0) is 12.9. The van der Waals surface area contributed by atoms with Crippen LogP contribution in [0, 0.1) is 6.92 Å². The molecule has 2 N–H and O–H groups in total. The molecule has 0 aliphatic heterocycles. The highest BCUT2D eigenvalue weighted by atomic mass is 79.9. The first-order chi connectivity index (χ1) is 8.56. The number of fused-ring (bicyclic) bond motifs is 3. The molecule has 0 amide bonds. The lowest BCUT2D eigenvalue weighted by Gasteiger charge is -1.98. The van der Waals surface area contributed by atoms with Gasteiger partial charge in [-0.3, -0.25) is 0 Å². The van der Waals surface area contributed by atoms with Crippen LogP contribution in [-0.2, 0) is 0 Å². The number of H-pyrrole nitrogens is 1. The summed E-state index contributed by atoms with van der Waals surface area (Å²) in [5.41, 5.74) is 3.02. The van der Waals surface area contributed by atoms with Gasteiger partial charge in [-0.15, -0.1) is 0 Å². The maximum absolute atomic E-state index is 11.0. The quantitative estimate of drug-likeness (QED) is 0.723. The number of benzene rings is 1. The lowest BCUT2D eigenvalue weighted by Crippen LogP contribution is -1.98. The fourth-order valence-electron chi connectivity index (χ4n) is 2.15. The number of carboxylic acids is 1. The van der Waals surface area contributed by atoms with Crippen LogP contribution in [0.4, 0.5) is 0 Å². The molecule has 3 rings (SSSR count). The molecule has 0 aliphatic carbocycles. The van der Waals surface area contributed by atoms with E-state index >= 15 is 0 Å². The van der Waals surface area contributed by atoms with E-state index in [1.807, 2.05) is 19.1 Å². The van der Waals surface area contributed by atoms with Crippen LogP contribution in [0.15, 0.2) is 28.9 Å². The number of nitrogens with zero attached hydrogens (tertiary/aromatic N) is 1. The van der Waals surface area contributed by atoms with Gasteiger partial charge in [0.2, 0.25) is 0 Å². The van der Waals surface area contributed by atoms with Crippen molar-refractivity contribution >= 4 is 43.7 Å². The van der Waals surface area contributed by atoms with Crippen molar-refractivity contribution in [3.05, 3.63) is 40.1 Å². The van der Waals surface area contributed by atoms with Crippen molar-refractivity contribution in [1.82, 2.24) is 9.97 Å². The third-order valence-corrected chi connectivity index (χ3v) is 3.43. The number of aryl methyl sites for hydroxylation is 1. The van der Waals surface area contributed by atoms with E-state index in [4.69, 9.17) is 5.11 Å². The SMILES string of the molecule is Cc1cc(Br)cc2c1[nH]c1cnc(C(=O)O)cc12. The van der Waals surface area contributed by atoms with Gasteiger partial charge in [0.25, 0.3) is 0 Å². The molecule has 2 heterocycles. The van der Waals surface area contributed by atoms with Crippen molar-refractivity contribution in [3.63, 3.8) is 0 Å². The normalized spacial score (nSPS) is 11.2. The minimum absolute atomic E-state index is 0.0565. The van der Waals surface area contributed by atoms with Gasteiger partial charge in [0.15, 0.2) is 0 Å². The van der Waals surface area contributed by atoms with Gasteiger partial charge in [0.05, 0.1) is 11.7 Å². The lowest BCUT2D eigenvalue weighted by atomic mass is 10.1. The van der Waals surface area contributed by atoms with Crippen molar-refractivity contribution in [2.24, 2.45) is 0 Å². The Bertz CT molecular complexity index is 792. The highest BCUT2D eigenvalue weighted by Gasteiger charge is 2.11. The number of pyridine rings is 1. The Balaban J connectivity index is 2.47. The zero-order valence-electron chi connectivity index (χ0n) is 9.49. The first kappa shape index (κ1) is 11.2. The van der Waals surface area contributed by atoms with Gasteiger partial charge < -0.3 is 10.1 Å². The second-order valence-electron chi connectivity index (χ2n) is 4.19. The maximum atomic E-state index is 11.0. The number of hydrogen-bond donors (Lipinski definition) is 2. The van der Waals surface area contributed by atoms with E-state index in [1.54, 1.807) is 12.3 Å². The number of hydrogen-bond acceptors (Lipinski definition) is 2. The summed E-state index contributed by atoms with van der Waals surface area (Å²) >= 11 is 3.46. The van der Waals surface area contributed by atoms with Gasteiger partial charge in [0, 0.05) is 20.8 Å². The van der Waals surface area contributed by atoms with Gasteiger partial charge in [-0.1, -0.05) is 15.9 Å². The lowest BCUT2D eigenvalue weighted by molar-refractivity contribution is 0.0691. The van der Waals surface area contributed by atoms with E-state index in [-0.39, 0.29) is 5.69 Å². The third kappa shape index (κ3) is 1.59. The Morgan fingerprint density at radius 1 is 1.33 bits per heavy atom. The first-order valence-corrected chi connectivity index (χ1v) is 6.16. The van der Waals surface area contributed by atoms with Crippen molar-refractivity contribution in [2.45, 2.75) is 6.92 Å². The summed E-state index contributed by atoms with van der Waals surface area (Å²) in [4.78, 5) is 18.1. The van der Waals surface area contributed by atoms with E-state index in [0.29, 0.717) is 0 Å². The Morgan fingerprint density at radius 3 is 2.83 bits per heavy atom. The monoisotopic (exact) mass is 304 g/mol. The largest absolute Gasteiger partial charge is 0.477 e. The van der Waals surface area contributed by atoms with Gasteiger partial charge in [-0.2, -0.15) is 0 Å². The van der Waals surface area contributed by atoms with Gasteiger partial charge >= 0.3 is 5.97 Å². The molecule has 0 atom stereocenters. The third-order valence-electron chi connectivity index (χ3n) is 2.97. The summed E-state index contributed by atoms with van der Waals surface area (Å²) in [7, 11) is 0. The molecule has 2 aromatic heterocycles. The number of nitrogens with one attached hydrogen (secondary N) is 1. The second kappa shape index (κ2) is 3.81. The summed E-state index contributed by atoms with van der Waals surface area (Å²) < 4.78 is 0.974. The number of aromatic nitrogens is 2. The molecule has 0 bridgehead atoms. The first-order valence-electron chi connectivity index (χ1n) is 5.37. The molecule has 90 valence electrons. The molecule has 0 unspecified atom stereocenters. The van der Waals surface area contributed by atoms with Crippen LogP contribution in [-0.4, -0.2) is 21.0 Å². The molecule has 1 aromatic carbocycles. The van der Waals surface area contributed by atoms with Crippen LogP contribution in [0.1, 0.15) is 16.1 Å². The standard InChI is InChI=1S/C13H9BrN2O2/c1-6-2-7(14)3-9-8-4-10(13(17)18)15-5-11(8)16-12(6)9/h2-5,16H,1H3,(H,17,18). The molecular weight excluding hydrogens is 296 g/mol. The van der Waals surface area contributed by atoms with E-state index in [9.17, 15) is 4.79 Å². The van der Waals surface area contributed by atoms with Crippen LogP contribution in [0.3, 0.4) is 0 Å². The molecule has 0 aliphatic rings. The number of carboxylic acid groups (broad SMARTS) is 1. The van der Waals surface area contributed by atoms with Gasteiger partial charge in [-0.05, 0) is 30.7 Å². The highest BCUT2D eigenvalue weighted by molar-refractivity contribution is 9.10. The van der Waals surface area contributed by atoms with Gasteiger partial charge in [0.1, 0.15) is 5.69 Å². The second-order valence-corrected chi connectivity index (χ2v) is 5.11. The molecule has 0 fully saturated rings. The van der Waals surface area contributed by atoms with Crippen LogP contribution >= 0.6 is 15.9 Å². The minimum atomic E-state index is -1.02. The van der Waals surface area contributed by atoms with Crippen molar-refractivity contribution in [2.75, 3.05) is 0 Å². The molecule has 0 saturated carbocycles. The van der Waals surface area contributed by atoms with Crippen LogP contribution in [0.25, 0.3) is 21.8 Å². The summed E-state index contributed by atoms with van der Waals surface area (Å²) in [6.45, 7) is 2.01. The number of carbonyl (C=O) groups is 1. The average molecular weight is 305 g/mol. The topological polar surface area (TPSA) is 66.0 Å². The summed E-state index contributed by atoms with van der Waals surface area (Å²) in [5.74, 6) is -1.02. The Morgan fingerprint density at radius 2 is 2.11 bits per heavy atom. The Hall–Kier alpha value is -1.88. The molecule has 0 radical (unpaired) electrons. The summed E-state index contributed by atoms with van der Waals surface area (Å²) in [5, 5.41) is 10.9. The predicted octanol–water partition coefficient (Wildman–Crippen LogP) is 3.49. The minimum Gasteiger partial charge on any atom is -0.477 e. The molecule has 18 heavy (non-hydrogen) atoms. The number of aromatic amines is 1. The van der Waals surface area contributed by atoms with E-state index < -0.39 is 5.97 Å². The van der Waals surface area contributed by atoms with Crippen molar-refractivity contribution < 1.29 is 9.90 Å². The van der Waals surface area contributed by atoms with Gasteiger partial charge in [-0.25, -0.2) is 9.78 Å². The highest BCUT2D eigenvalue weighted by Crippen LogP contribution is 2.30. The van der Waals surface area contributed by atoms with Crippen LogP contribution < -0.4 is 0 Å². The number of aromatic carboxylic acids is 1. The van der Waals surface area contributed by atoms with E-state index in [0.717, 1.165) is 31.8 Å². The van der Waals surface area contributed by atoms with Crippen LogP contribution in [0.5, 0.6) is 0 Å². The van der Waals surface area contributed by atoms with Crippen molar-refractivity contribution in [3.8, 4) is 0 Å². The smallest absolute Gasteiger partial charge is 0.354 e.